The SMILES string of the molecule is CC1(C)[C@H]2CC=C(CN3CC[C@@H](c4ncc(-c5cnn(C6CCNCC6)c5)cc4C(N)=O)C3)[C@@H]1C2. The van der Waals surface area contributed by atoms with Gasteiger partial charge in [0.15, 0.2) is 0 Å². The summed E-state index contributed by atoms with van der Waals surface area (Å²) in [6.07, 6.45) is 14.1. The van der Waals surface area contributed by atoms with Crippen molar-refractivity contribution in [2.45, 2.75) is 57.9 Å². The number of pyridine rings is 1. The van der Waals surface area contributed by atoms with Crippen LogP contribution in [0.5, 0.6) is 0 Å². The van der Waals surface area contributed by atoms with E-state index in [2.05, 4.69) is 46.1 Å². The average Bonchev–Trinajstić information content (AvgIpc) is 3.54. The topological polar surface area (TPSA) is 89.1 Å². The van der Waals surface area contributed by atoms with Crippen molar-refractivity contribution < 1.29 is 4.79 Å². The van der Waals surface area contributed by atoms with Crippen molar-refractivity contribution in [1.82, 2.24) is 25.0 Å². The molecule has 3 atom stereocenters. The van der Waals surface area contributed by atoms with E-state index in [1.54, 1.807) is 5.57 Å². The molecule has 1 amide bonds. The van der Waals surface area contributed by atoms with Gasteiger partial charge in [0.25, 0.3) is 5.91 Å². The maximum atomic E-state index is 12.5. The van der Waals surface area contributed by atoms with Crippen LogP contribution in [0.25, 0.3) is 11.1 Å². The van der Waals surface area contributed by atoms with Gasteiger partial charge in [-0.05, 0) is 75.1 Å². The molecule has 2 aromatic heterocycles. The van der Waals surface area contributed by atoms with Gasteiger partial charge in [-0.3, -0.25) is 19.4 Å². The predicted molar refractivity (Wildman–Crippen MR) is 137 cm³/mol. The highest BCUT2D eigenvalue weighted by molar-refractivity contribution is 5.95. The third kappa shape index (κ3) is 4.12. The highest BCUT2D eigenvalue weighted by Crippen LogP contribution is 2.59. The Balaban J connectivity index is 1.17. The van der Waals surface area contributed by atoms with E-state index in [4.69, 9.17) is 10.7 Å². The van der Waals surface area contributed by atoms with Crippen molar-refractivity contribution in [1.29, 1.82) is 0 Å². The molecule has 186 valence electrons. The molecular formula is C28H38N6O. The van der Waals surface area contributed by atoms with Gasteiger partial charge in [0.1, 0.15) is 0 Å². The van der Waals surface area contributed by atoms with Gasteiger partial charge in [0.2, 0.25) is 0 Å². The second-order valence-corrected chi connectivity index (χ2v) is 11.8. The first-order valence-electron chi connectivity index (χ1n) is 13.4. The highest BCUT2D eigenvalue weighted by atomic mass is 16.1. The van der Waals surface area contributed by atoms with Gasteiger partial charge in [-0.1, -0.05) is 25.5 Å². The molecule has 3 N–H and O–H groups in total. The van der Waals surface area contributed by atoms with Gasteiger partial charge in [-0.2, -0.15) is 5.10 Å². The Bertz CT molecular complexity index is 1140. The molecular weight excluding hydrogens is 436 g/mol. The van der Waals surface area contributed by atoms with Crippen LogP contribution in [0, 0.1) is 17.3 Å². The first-order chi connectivity index (χ1) is 16.9. The van der Waals surface area contributed by atoms with Gasteiger partial charge in [-0.25, -0.2) is 0 Å². The number of hydrogen-bond donors (Lipinski definition) is 2. The molecule has 5 aliphatic rings. The number of hydrogen-bond acceptors (Lipinski definition) is 5. The monoisotopic (exact) mass is 474 g/mol. The number of nitrogens with zero attached hydrogens (tertiary/aromatic N) is 4. The van der Waals surface area contributed by atoms with E-state index in [0.29, 0.717) is 17.0 Å². The molecule has 3 fully saturated rings. The number of nitrogens with two attached hydrogens (primary N) is 1. The lowest BCUT2D eigenvalue weighted by Gasteiger charge is -2.57. The van der Waals surface area contributed by atoms with Crippen LogP contribution in [0.2, 0.25) is 0 Å². The number of nitrogens with one attached hydrogen (secondary N) is 1. The van der Waals surface area contributed by atoms with E-state index in [1.165, 1.54) is 12.8 Å². The van der Waals surface area contributed by atoms with Crippen molar-refractivity contribution in [3.63, 3.8) is 0 Å². The molecule has 3 aliphatic carbocycles. The van der Waals surface area contributed by atoms with Gasteiger partial charge in [0, 0.05) is 42.5 Å². The molecule has 0 radical (unpaired) electrons. The number of carbonyl (C=O) groups excluding carboxylic acids is 1. The molecule has 7 rings (SSSR count). The minimum atomic E-state index is -0.393. The molecule has 7 nitrogen and oxygen atoms in total. The lowest BCUT2D eigenvalue weighted by atomic mass is 9.49. The van der Waals surface area contributed by atoms with E-state index >= 15 is 0 Å². The molecule has 7 heteroatoms. The number of aromatic nitrogens is 3. The van der Waals surface area contributed by atoms with Crippen LogP contribution >= 0.6 is 0 Å². The zero-order valence-corrected chi connectivity index (χ0v) is 21.0. The fourth-order valence-corrected chi connectivity index (χ4v) is 7.03. The molecule has 0 aromatic carbocycles. The largest absolute Gasteiger partial charge is 0.366 e. The van der Waals surface area contributed by atoms with Gasteiger partial charge in [0.05, 0.1) is 23.5 Å². The molecule has 0 unspecified atom stereocenters. The third-order valence-electron chi connectivity index (χ3n) is 9.45. The molecule has 1 saturated carbocycles. The van der Waals surface area contributed by atoms with Gasteiger partial charge < -0.3 is 11.1 Å². The Labute approximate surface area is 208 Å². The first kappa shape index (κ1) is 22.9. The molecule has 2 bridgehead atoms. The van der Waals surface area contributed by atoms with Crippen molar-refractivity contribution >= 4 is 5.91 Å². The number of fused-ring (bicyclic) bond motifs is 1. The van der Waals surface area contributed by atoms with Crippen LogP contribution in [-0.2, 0) is 0 Å². The summed E-state index contributed by atoms with van der Waals surface area (Å²) in [6, 6.07) is 2.35. The van der Waals surface area contributed by atoms with Crippen LogP contribution in [0.1, 0.15) is 74.0 Å². The fourth-order valence-electron chi connectivity index (χ4n) is 7.03. The molecule has 2 aromatic rings. The van der Waals surface area contributed by atoms with Crippen molar-refractivity contribution in [3.05, 3.63) is 47.6 Å². The predicted octanol–water partition coefficient (Wildman–Crippen LogP) is 3.75. The fraction of sp³-hybridized carbons (Fsp3) is 0.607. The van der Waals surface area contributed by atoms with Crippen molar-refractivity contribution in [2.75, 3.05) is 32.7 Å². The number of allylic oxidation sites excluding steroid dienone is 1. The summed E-state index contributed by atoms with van der Waals surface area (Å²) in [4.78, 5) is 19.8. The summed E-state index contributed by atoms with van der Waals surface area (Å²) in [5, 5.41) is 8.01. The Morgan fingerprint density at radius 1 is 1.20 bits per heavy atom. The zero-order chi connectivity index (χ0) is 24.2. The number of carbonyl (C=O) groups is 1. The number of piperidine rings is 1. The molecule has 2 saturated heterocycles. The Kier molecular flexibility index (Phi) is 5.80. The van der Waals surface area contributed by atoms with Crippen LogP contribution in [0.3, 0.4) is 0 Å². The van der Waals surface area contributed by atoms with E-state index in [-0.39, 0.29) is 5.92 Å². The summed E-state index contributed by atoms with van der Waals surface area (Å²) < 4.78 is 2.06. The standard InChI is InChI=1S/C28H38N6O/c1-28(2)22-4-3-18(25(28)12-22)15-33-10-7-19(16-33)26-24(27(29)35)11-20(13-31-26)21-14-32-34(17-21)23-5-8-30-9-6-23/h3,11,13-14,17,19,22-23,25,30H,4-10,12,15-16H2,1-2H3,(H2,29,35)/t19-,22+,25+/m1/s1. The van der Waals surface area contributed by atoms with Crippen LogP contribution in [0.15, 0.2) is 36.3 Å². The highest BCUT2D eigenvalue weighted by Gasteiger charge is 2.51. The van der Waals surface area contributed by atoms with Crippen LogP contribution in [-0.4, -0.2) is 58.3 Å². The Morgan fingerprint density at radius 3 is 2.77 bits per heavy atom. The van der Waals surface area contributed by atoms with Gasteiger partial charge >= 0.3 is 0 Å². The summed E-state index contributed by atoms with van der Waals surface area (Å²) in [5.74, 6) is 1.46. The second kappa shape index (κ2) is 8.86. The summed E-state index contributed by atoms with van der Waals surface area (Å²) in [5.41, 5.74) is 11.3. The number of amides is 1. The number of rotatable bonds is 6. The molecule has 2 aliphatic heterocycles. The third-order valence-corrected chi connectivity index (χ3v) is 9.45. The smallest absolute Gasteiger partial charge is 0.250 e. The maximum Gasteiger partial charge on any atom is 0.250 e. The first-order valence-corrected chi connectivity index (χ1v) is 13.4. The minimum Gasteiger partial charge on any atom is -0.366 e. The van der Waals surface area contributed by atoms with Crippen LogP contribution < -0.4 is 11.1 Å². The van der Waals surface area contributed by atoms with Crippen LogP contribution in [0.4, 0.5) is 0 Å². The lowest BCUT2D eigenvalue weighted by Crippen LogP contribution is -2.49. The van der Waals surface area contributed by atoms with Crippen molar-refractivity contribution in [3.8, 4) is 11.1 Å². The van der Waals surface area contributed by atoms with Gasteiger partial charge in [-0.15, -0.1) is 0 Å². The lowest BCUT2D eigenvalue weighted by molar-refractivity contribution is -0.0101. The number of primary amides is 1. The molecule has 35 heavy (non-hydrogen) atoms. The quantitative estimate of drug-likeness (QED) is 0.623. The van der Waals surface area contributed by atoms with E-state index < -0.39 is 5.91 Å². The van der Waals surface area contributed by atoms with E-state index in [9.17, 15) is 4.79 Å². The summed E-state index contributed by atoms with van der Waals surface area (Å²) in [7, 11) is 0. The van der Waals surface area contributed by atoms with E-state index in [1.807, 2.05) is 18.5 Å². The molecule has 4 heterocycles. The minimum absolute atomic E-state index is 0.246. The normalized spacial score (nSPS) is 28.5. The zero-order valence-electron chi connectivity index (χ0n) is 21.0. The summed E-state index contributed by atoms with van der Waals surface area (Å²) in [6.45, 7) is 9.96. The number of likely N-dealkylation sites (tertiary alicyclic amines) is 1. The molecule has 0 spiro atoms. The Morgan fingerprint density at radius 2 is 2.03 bits per heavy atom. The summed E-state index contributed by atoms with van der Waals surface area (Å²) >= 11 is 0. The van der Waals surface area contributed by atoms with Crippen molar-refractivity contribution in [2.24, 2.45) is 23.0 Å². The maximum absolute atomic E-state index is 12.5. The second-order valence-electron chi connectivity index (χ2n) is 11.8. The average molecular weight is 475 g/mol. The van der Waals surface area contributed by atoms with E-state index in [0.717, 1.165) is 80.6 Å². The Hall–Kier alpha value is -2.51.